The molecule has 0 aliphatic carbocycles. The van der Waals surface area contributed by atoms with Gasteiger partial charge in [-0.1, -0.05) is 0 Å². The molecule has 2 aromatic rings. The minimum Gasteiger partial charge on any atom is -0.493 e. The van der Waals surface area contributed by atoms with Gasteiger partial charge in [-0.05, 0) is 23.8 Å². The van der Waals surface area contributed by atoms with Crippen LogP contribution in [0, 0.1) is 11.3 Å². The van der Waals surface area contributed by atoms with Crippen LogP contribution >= 0.6 is 0 Å². The van der Waals surface area contributed by atoms with Gasteiger partial charge in [-0.25, -0.2) is 9.97 Å². The van der Waals surface area contributed by atoms with E-state index >= 15 is 0 Å². The first-order valence-corrected chi connectivity index (χ1v) is 6.21. The van der Waals surface area contributed by atoms with Gasteiger partial charge >= 0.3 is 0 Å². The number of nitriles is 1. The van der Waals surface area contributed by atoms with Crippen molar-refractivity contribution >= 4 is 0 Å². The van der Waals surface area contributed by atoms with Crippen LogP contribution in [0.3, 0.4) is 0 Å². The second-order valence-corrected chi connectivity index (χ2v) is 4.13. The molecule has 21 heavy (non-hydrogen) atoms. The third kappa shape index (κ3) is 2.87. The molecule has 1 atom stereocenters. The smallest absolute Gasteiger partial charge is 0.203 e. The molecule has 0 saturated carbocycles. The van der Waals surface area contributed by atoms with Gasteiger partial charge in [0.15, 0.2) is 11.5 Å². The highest BCUT2D eigenvalue weighted by atomic mass is 16.5. The van der Waals surface area contributed by atoms with E-state index in [1.807, 2.05) is 0 Å². The van der Waals surface area contributed by atoms with Gasteiger partial charge in [0.05, 0.1) is 27.4 Å². The van der Waals surface area contributed by atoms with Gasteiger partial charge in [0.1, 0.15) is 11.7 Å². The predicted octanol–water partition coefficient (Wildman–Crippen LogP) is 2.16. The fraction of sp³-hybridized carbons (Fsp3) is 0.267. The van der Waals surface area contributed by atoms with Crippen LogP contribution in [-0.4, -0.2) is 31.3 Å². The van der Waals surface area contributed by atoms with Crippen LogP contribution in [-0.2, 0) is 0 Å². The molecule has 0 saturated heterocycles. The van der Waals surface area contributed by atoms with Crippen LogP contribution in [0.15, 0.2) is 30.6 Å². The normalized spacial score (nSPS) is 11.3. The molecule has 0 N–H and O–H groups in total. The molecule has 0 amide bonds. The molecule has 1 aromatic heterocycles. The van der Waals surface area contributed by atoms with E-state index in [-0.39, 0.29) is 0 Å². The molecule has 0 radical (unpaired) electrons. The van der Waals surface area contributed by atoms with Crippen molar-refractivity contribution in [3.8, 4) is 23.3 Å². The predicted molar refractivity (Wildman–Crippen MR) is 75.6 cm³/mol. The highest BCUT2D eigenvalue weighted by Crippen LogP contribution is 2.40. The Bertz CT molecular complexity index is 628. The van der Waals surface area contributed by atoms with Crippen molar-refractivity contribution in [3.05, 3.63) is 42.0 Å². The van der Waals surface area contributed by atoms with Crippen molar-refractivity contribution in [2.45, 2.75) is 5.92 Å². The van der Waals surface area contributed by atoms with Crippen molar-refractivity contribution < 1.29 is 14.2 Å². The molecule has 1 unspecified atom stereocenters. The molecule has 6 nitrogen and oxygen atoms in total. The molecule has 0 spiro atoms. The van der Waals surface area contributed by atoms with E-state index < -0.39 is 5.92 Å². The molecule has 0 fully saturated rings. The maximum Gasteiger partial charge on any atom is 0.203 e. The van der Waals surface area contributed by atoms with Crippen molar-refractivity contribution in [1.82, 2.24) is 9.97 Å². The minimum absolute atomic E-state index is 0.425. The summed E-state index contributed by atoms with van der Waals surface area (Å²) in [4.78, 5) is 8.27. The zero-order chi connectivity index (χ0) is 15.2. The lowest BCUT2D eigenvalue weighted by Gasteiger charge is -2.15. The zero-order valence-electron chi connectivity index (χ0n) is 12.0. The van der Waals surface area contributed by atoms with Crippen LogP contribution in [0.2, 0.25) is 0 Å². The number of aromatic nitrogens is 2. The van der Waals surface area contributed by atoms with Crippen LogP contribution < -0.4 is 14.2 Å². The summed E-state index contributed by atoms with van der Waals surface area (Å²) in [7, 11) is 4.59. The number of nitrogens with zero attached hydrogens (tertiary/aromatic N) is 3. The van der Waals surface area contributed by atoms with E-state index in [2.05, 4.69) is 16.0 Å². The number of ether oxygens (including phenoxy) is 3. The van der Waals surface area contributed by atoms with Crippen molar-refractivity contribution in [3.63, 3.8) is 0 Å². The third-order valence-corrected chi connectivity index (χ3v) is 2.99. The average molecular weight is 285 g/mol. The number of hydrogen-bond acceptors (Lipinski definition) is 6. The molecule has 108 valence electrons. The Morgan fingerprint density at radius 2 is 1.57 bits per heavy atom. The molecule has 2 rings (SSSR count). The minimum atomic E-state index is -0.611. The lowest BCUT2D eigenvalue weighted by molar-refractivity contribution is 0.323. The molecule has 6 heteroatoms. The fourth-order valence-corrected chi connectivity index (χ4v) is 2.01. The average Bonchev–Trinajstić information content (AvgIpc) is 2.55. The Morgan fingerprint density at radius 3 is 2.00 bits per heavy atom. The second kappa shape index (κ2) is 6.57. The van der Waals surface area contributed by atoms with E-state index in [0.29, 0.717) is 28.6 Å². The number of methoxy groups -OCH3 is 3. The van der Waals surface area contributed by atoms with Crippen LogP contribution in [0.4, 0.5) is 0 Å². The Labute approximate surface area is 122 Å². The van der Waals surface area contributed by atoms with Crippen LogP contribution in [0.1, 0.15) is 17.3 Å². The molecular weight excluding hydrogens is 270 g/mol. The Hall–Kier alpha value is -2.81. The Kier molecular flexibility index (Phi) is 4.57. The van der Waals surface area contributed by atoms with Gasteiger partial charge in [0, 0.05) is 12.4 Å². The van der Waals surface area contributed by atoms with E-state index in [9.17, 15) is 5.26 Å². The van der Waals surface area contributed by atoms with E-state index in [1.165, 1.54) is 21.3 Å². The van der Waals surface area contributed by atoms with Crippen molar-refractivity contribution in [2.75, 3.05) is 21.3 Å². The van der Waals surface area contributed by atoms with E-state index in [1.54, 1.807) is 30.6 Å². The molecule has 1 aromatic carbocycles. The van der Waals surface area contributed by atoms with Gasteiger partial charge in [-0.3, -0.25) is 0 Å². The van der Waals surface area contributed by atoms with Gasteiger partial charge < -0.3 is 14.2 Å². The highest BCUT2D eigenvalue weighted by molar-refractivity contribution is 5.55. The summed E-state index contributed by atoms with van der Waals surface area (Å²) < 4.78 is 15.9. The standard InChI is InChI=1S/C15H15N3O3/c1-19-12-7-10(8-13(20-2)14(12)21-3)11(9-16)15-17-5-4-6-18-15/h4-8,11H,1-3H3. The first-order valence-electron chi connectivity index (χ1n) is 6.21. The Morgan fingerprint density at radius 1 is 1.00 bits per heavy atom. The summed E-state index contributed by atoms with van der Waals surface area (Å²) in [5.41, 5.74) is 0.679. The van der Waals surface area contributed by atoms with Gasteiger partial charge in [0.25, 0.3) is 0 Å². The number of rotatable bonds is 5. The lowest BCUT2D eigenvalue weighted by atomic mass is 9.98. The van der Waals surface area contributed by atoms with Crippen LogP contribution in [0.5, 0.6) is 17.2 Å². The first kappa shape index (κ1) is 14.6. The maximum atomic E-state index is 9.44. The zero-order valence-corrected chi connectivity index (χ0v) is 12.0. The third-order valence-electron chi connectivity index (χ3n) is 2.99. The lowest BCUT2D eigenvalue weighted by Crippen LogP contribution is -2.05. The maximum absolute atomic E-state index is 9.44. The van der Waals surface area contributed by atoms with Crippen molar-refractivity contribution in [2.24, 2.45) is 0 Å². The summed E-state index contributed by atoms with van der Waals surface area (Å²) in [6, 6.07) is 7.35. The topological polar surface area (TPSA) is 77.3 Å². The van der Waals surface area contributed by atoms with Gasteiger partial charge in [-0.2, -0.15) is 5.26 Å². The molecule has 0 bridgehead atoms. The largest absolute Gasteiger partial charge is 0.493 e. The highest BCUT2D eigenvalue weighted by Gasteiger charge is 2.21. The van der Waals surface area contributed by atoms with Crippen LogP contribution in [0.25, 0.3) is 0 Å². The molecule has 1 heterocycles. The quantitative estimate of drug-likeness (QED) is 0.837. The molecular formula is C15H15N3O3. The summed E-state index contributed by atoms with van der Waals surface area (Å²) in [6.45, 7) is 0. The summed E-state index contributed by atoms with van der Waals surface area (Å²) in [5.74, 6) is 1.27. The van der Waals surface area contributed by atoms with E-state index in [4.69, 9.17) is 14.2 Å². The summed E-state index contributed by atoms with van der Waals surface area (Å²) >= 11 is 0. The first-order chi connectivity index (χ1) is 10.2. The molecule has 0 aliphatic heterocycles. The van der Waals surface area contributed by atoms with Gasteiger partial charge in [-0.15, -0.1) is 0 Å². The van der Waals surface area contributed by atoms with Crippen molar-refractivity contribution in [1.29, 1.82) is 5.26 Å². The molecule has 0 aliphatic rings. The Balaban J connectivity index is 2.55. The second-order valence-electron chi connectivity index (χ2n) is 4.13. The SMILES string of the molecule is COc1cc(C(C#N)c2ncccn2)cc(OC)c1OC. The monoisotopic (exact) mass is 285 g/mol. The number of benzene rings is 1. The number of hydrogen-bond donors (Lipinski definition) is 0. The fourth-order valence-electron chi connectivity index (χ4n) is 2.01. The summed E-state index contributed by atoms with van der Waals surface area (Å²) in [6.07, 6.45) is 3.20. The van der Waals surface area contributed by atoms with E-state index in [0.717, 1.165) is 0 Å². The van der Waals surface area contributed by atoms with Gasteiger partial charge in [0.2, 0.25) is 5.75 Å². The summed E-state index contributed by atoms with van der Waals surface area (Å²) in [5, 5.41) is 9.44.